The van der Waals surface area contributed by atoms with Gasteiger partial charge in [-0.25, -0.2) is 13.1 Å². The van der Waals surface area contributed by atoms with E-state index in [1.807, 2.05) is 0 Å². The lowest BCUT2D eigenvalue weighted by Crippen LogP contribution is -2.37. The first-order valence-corrected chi connectivity index (χ1v) is 8.78. The van der Waals surface area contributed by atoms with E-state index in [0.29, 0.717) is 18.3 Å². The number of nitrogens with one attached hydrogen (secondary N) is 2. The normalized spacial score (nSPS) is 16.5. The number of hydrogen-bond acceptors (Lipinski definition) is 5. The van der Waals surface area contributed by atoms with E-state index in [4.69, 9.17) is 5.84 Å². The molecule has 7 heteroatoms. The van der Waals surface area contributed by atoms with Gasteiger partial charge in [-0.05, 0) is 44.2 Å². The van der Waals surface area contributed by atoms with Gasteiger partial charge in [0.05, 0.1) is 4.90 Å². The zero-order valence-electron chi connectivity index (χ0n) is 12.4. The van der Waals surface area contributed by atoms with Crippen molar-refractivity contribution in [1.29, 1.82) is 0 Å². The van der Waals surface area contributed by atoms with Crippen molar-refractivity contribution in [2.45, 2.75) is 36.6 Å². The molecule has 0 bridgehead atoms. The van der Waals surface area contributed by atoms with E-state index in [1.54, 1.807) is 12.1 Å². The molecular weight excluding hydrogens is 288 g/mol. The third-order valence-corrected chi connectivity index (χ3v) is 5.51. The molecule has 1 aromatic carbocycles. The first-order chi connectivity index (χ1) is 10.0. The van der Waals surface area contributed by atoms with Gasteiger partial charge in [0.15, 0.2) is 0 Å². The highest BCUT2D eigenvalue weighted by Gasteiger charge is 2.20. The maximum absolute atomic E-state index is 12.2. The average Bonchev–Trinajstić information content (AvgIpc) is 3.01. The molecule has 118 valence electrons. The Morgan fingerprint density at radius 1 is 1.24 bits per heavy atom. The Bertz CT molecular complexity index is 539. The Balaban J connectivity index is 1.85. The molecule has 1 saturated carbocycles. The maximum atomic E-state index is 12.2. The molecule has 0 atom stereocenters. The summed E-state index contributed by atoms with van der Waals surface area (Å²) in [5, 5.41) is 0. The monoisotopic (exact) mass is 312 g/mol. The van der Waals surface area contributed by atoms with Crippen LogP contribution in [0, 0.1) is 0 Å². The Hall–Kier alpha value is -1.15. The highest BCUT2D eigenvalue weighted by atomic mass is 32.2. The molecule has 0 radical (unpaired) electrons. The molecule has 6 nitrogen and oxygen atoms in total. The summed E-state index contributed by atoms with van der Waals surface area (Å²) in [6.07, 6.45) is 5.00. The molecule has 21 heavy (non-hydrogen) atoms. The van der Waals surface area contributed by atoms with Crippen molar-refractivity contribution in [3.63, 3.8) is 0 Å². The van der Waals surface area contributed by atoms with Gasteiger partial charge >= 0.3 is 0 Å². The standard InChI is InChI=1S/C14H24N4O2S/c1-18(13-4-2-3-5-13)11-10-16-21(19,20)14-8-6-12(17-15)7-9-14/h6-9,13,16-17H,2-5,10-11,15H2,1H3. The Kier molecular flexibility index (Phi) is 5.58. The second-order valence-electron chi connectivity index (χ2n) is 5.49. The SMILES string of the molecule is CN(CCNS(=O)(=O)c1ccc(NN)cc1)C1CCCC1. The van der Waals surface area contributed by atoms with Crippen LogP contribution in [0.25, 0.3) is 0 Å². The summed E-state index contributed by atoms with van der Waals surface area (Å²) in [6.45, 7) is 1.15. The molecule has 0 spiro atoms. The van der Waals surface area contributed by atoms with E-state index < -0.39 is 10.0 Å². The molecule has 0 unspecified atom stereocenters. The lowest BCUT2D eigenvalue weighted by molar-refractivity contribution is 0.250. The van der Waals surface area contributed by atoms with Crippen LogP contribution in [0.2, 0.25) is 0 Å². The molecule has 0 aliphatic heterocycles. The minimum atomic E-state index is -3.45. The van der Waals surface area contributed by atoms with Crippen LogP contribution >= 0.6 is 0 Å². The number of hydrazine groups is 1. The number of sulfonamides is 1. The van der Waals surface area contributed by atoms with E-state index in [2.05, 4.69) is 22.1 Å². The van der Waals surface area contributed by atoms with Gasteiger partial charge in [-0.3, -0.25) is 5.84 Å². The molecule has 1 aromatic rings. The lowest BCUT2D eigenvalue weighted by atomic mass is 10.2. The number of hydrogen-bond donors (Lipinski definition) is 3. The smallest absolute Gasteiger partial charge is 0.240 e. The number of likely N-dealkylation sites (N-methyl/N-ethyl adjacent to an activating group) is 1. The van der Waals surface area contributed by atoms with Gasteiger partial charge in [0.1, 0.15) is 0 Å². The van der Waals surface area contributed by atoms with Crippen LogP contribution in [-0.2, 0) is 10.0 Å². The molecule has 2 rings (SSSR count). The van der Waals surface area contributed by atoms with Crippen LogP contribution < -0.4 is 16.0 Å². The number of benzene rings is 1. The molecule has 1 fully saturated rings. The molecule has 4 N–H and O–H groups in total. The van der Waals surface area contributed by atoms with Crippen molar-refractivity contribution < 1.29 is 8.42 Å². The minimum Gasteiger partial charge on any atom is -0.324 e. The van der Waals surface area contributed by atoms with E-state index >= 15 is 0 Å². The van der Waals surface area contributed by atoms with Crippen molar-refractivity contribution in [3.8, 4) is 0 Å². The zero-order valence-corrected chi connectivity index (χ0v) is 13.2. The summed E-state index contributed by atoms with van der Waals surface area (Å²) in [6, 6.07) is 6.96. The third kappa shape index (κ3) is 4.41. The Morgan fingerprint density at radius 2 is 1.86 bits per heavy atom. The number of anilines is 1. The van der Waals surface area contributed by atoms with Gasteiger partial charge in [-0.15, -0.1) is 0 Å². The summed E-state index contributed by atoms with van der Waals surface area (Å²) in [4.78, 5) is 2.50. The van der Waals surface area contributed by atoms with E-state index in [9.17, 15) is 8.42 Å². The largest absolute Gasteiger partial charge is 0.324 e. The quantitative estimate of drug-likeness (QED) is 0.519. The zero-order chi connectivity index (χ0) is 15.3. The summed E-state index contributed by atoms with van der Waals surface area (Å²) in [5.41, 5.74) is 3.15. The van der Waals surface area contributed by atoms with Crippen LogP contribution in [0.1, 0.15) is 25.7 Å². The molecule has 1 aliphatic rings. The highest BCUT2D eigenvalue weighted by molar-refractivity contribution is 7.89. The first-order valence-electron chi connectivity index (χ1n) is 7.29. The van der Waals surface area contributed by atoms with Crippen molar-refractivity contribution in [2.24, 2.45) is 5.84 Å². The van der Waals surface area contributed by atoms with Crippen LogP contribution in [0.4, 0.5) is 5.69 Å². The van der Waals surface area contributed by atoms with Gasteiger partial charge in [-0.2, -0.15) is 0 Å². The van der Waals surface area contributed by atoms with Crippen LogP contribution in [0.15, 0.2) is 29.2 Å². The number of rotatable bonds is 7. The predicted octanol–water partition coefficient (Wildman–Crippen LogP) is 1.12. The van der Waals surface area contributed by atoms with E-state index in [1.165, 1.54) is 37.8 Å². The molecule has 0 amide bonds. The first kappa shape index (κ1) is 16.2. The average molecular weight is 312 g/mol. The summed E-state index contributed by atoms with van der Waals surface area (Å²) >= 11 is 0. The Morgan fingerprint density at radius 3 is 2.43 bits per heavy atom. The van der Waals surface area contributed by atoms with Crippen LogP contribution in [0.5, 0.6) is 0 Å². The second-order valence-corrected chi connectivity index (χ2v) is 7.25. The lowest BCUT2D eigenvalue weighted by Gasteiger charge is -2.23. The van der Waals surface area contributed by atoms with Gasteiger partial charge in [0.25, 0.3) is 0 Å². The van der Waals surface area contributed by atoms with Gasteiger partial charge < -0.3 is 10.3 Å². The van der Waals surface area contributed by atoms with Gasteiger partial charge in [-0.1, -0.05) is 12.8 Å². The fraction of sp³-hybridized carbons (Fsp3) is 0.571. The summed E-state index contributed by atoms with van der Waals surface area (Å²) < 4.78 is 27.0. The van der Waals surface area contributed by atoms with Crippen LogP contribution in [-0.4, -0.2) is 39.5 Å². The number of nitrogens with two attached hydrogens (primary N) is 1. The summed E-state index contributed by atoms with van der Waals surface area (Å²) in [5.74, 6) is 5.26. The number of nitrogen functional groups attached to an aromatic ring is 1. The summed E-state index contributed by atoms with van der Waals surface area (Å²) in [7, 11) is -1.39. The predicted molar refractivity (Wildman–Crippen MR) is 84.3 cm³/mol. The van der Waals surface area contributed by atoms with Crippen molar-refractivity contribution in [2.75, 3.05) is 25.6 Å². The van der Waals surface area contributed by atoms with Gasteiger partial charge in [0.2, 0.25) is 10.0 Å². The molecule has 0 heterocycles. The van der Waals surface area contributed by atoms with Crippen molar-refractivity contribution in [1.82, 2.24) is 9.62 Å². The molecule has 1 aliphatic carbocycles. The Labute approximate surface area is 126 Å². The van der Waals surface area contributed by atoms with Crippen molar-refractivity contribution in [3.05, 3.63) is 24.3 Å². The minimum absolute atomic E-state index is 0.255. The fourth-order valence-electron chi connectivity index (χ4n) is 2.70. The third-order valence-electron chi connectivity index (χ3n) is 4.04. The molecule has 0 saturated heterocycles. The molecule has 0 aromatic heterocycles. The fourth-order valence-corrected chi connectivity index (χ4v) is 3.72. The van der Waals surface area contributed by atoms with Crippen molar-refractivity contribution >= 4 is 15.7 Å². The second kappa shape index (κ2) is 7.22. The van der Waals surface area contributed by atoms with Crippen LogP contribution in [0.3, 0.4) is 0 Å². The maximum Gasteiger partial charge on any atom is 0.240 e. The van der Waals surface area contributed by atoms with Gasteiger partial charge in [0, 0.05) is 24.8 Å². The molecular formula is C14H24N4O2S. The number of nitrogens with zero attached hydrogens (tertiary/aromatic N) is 1. The highest BCUT2D eigenvalue weighted by Crippen LogP contribution is 2.21. The van der Waals surface area contributed by atoms with E-state index in [0.717, 1.165) is 6.54 Å². The van der Waals surface area contributed by atoms with E-state index in [-0.39, 0.29) is 4.90 Å². The topological polar surface area (TPSA) is 87.5 Å².